The van der Waals surface area contributed by atoms with Crippen molar-refractivity contribution in [2.24, 2.45) is 0 Å². The first-order valence-electron chi connectivity index (χ1n) is 7.23. The van der Waals surface area contributed by atoms with Crippen LogP contribution in [0.3, 0.4) is 0 Å². The van der Waals surface area contributed by atoms with Gasteiger partial charge in [0.2, 0.25) is 5.91 Å². The van der Waals surface area contributed by atoms with E-state index in [-0.39, 0.29) is 11.7 Å². The molecule has 2 heterocycles. The van der Waals surface area contributed by atoms with E-state index in [2.05, 4.69) is 20.5 Å². The van der Waals surface area contributed by atoms with E-state index in [9.17, 15) is 4.79 Å². The lowest BCUT2D eigenvalue weighted by Gasteiger charge is -2.07. The van der Waals surface area contributed by atoms with Crippen LogP contribution in [0.2, 0.25) is 10.0 Å². The van der Waals surface area contributed by atoms with Crippen LogP contribution in [0.25, 0.3) is 11.3 Å². The number of rotatable bonds is 5. The third-order valence-corrected chi connectivity index (χ3v) is 4.65. The van der Waals surface area contributed by atoms with Gasteiger partial charge in [-0.25, -0.2) is 0 Å². The molecule has 0 saturated carbocycles. The quantitative estimate of drug-likeness (QED) is 0.645. The lowest BCUT2D eigenvalue weighted by molar-refractivity contribution is -0.113. The SMILES string of the molecule is O=C(CSc1ccc(-c2ccncc2)nn1)Nc1cc(Cl)ccc1Cl. The maximum atomic E-state index is 12.0. The number of pyridine rings is 1. The summed E-state index contributed by atoms with van der Waals surface area (Å²) in [6.07, 6.45) is 3.40. The van der Waals surface area contributed by atoms with Crippen molar-refractivity contribution in [1.82, 2.24) is 15.2 Å². The Morgan fingerprint density at radius 2 is 1.84 bits per heavy atom. The Morgan fingerprint density at radius 3 is 2.56 bits per heavy atom. The van der Waals surface area contributed by atoms with Crippen LogP contribution in [-0.4, -0.2) is 26.8 Å². The smallest absolute Gasteiger partial charge is 0.234 e. The van der Waals surface area contributed by atoms with Crippen LogP contribution < -0.4 is 5.32 Å². The minimum atomic E-state index is -0.200. The molecule has 0 radical (unpaired) electrons. The van der Waals surface area contributed by atoms with Crippen molar-refractivity contribution in [2.45, 2.75) is 5.03 Å². The first-order chi connectivity index (χ1) is 12.1. The Kier molecular flexibility index (Phi) is 5.86. The van der Waals surface area contributed by atoms with Crippen molar-refractivity contribution in [3.8, 4) is 11.3 Å². The number of halogens is 2. The number of amides is 1. The monoisotopic (exact) mass is 390 g/mol. The van der Waals surface area contributed by atoms with E-state index in [4.69, 9.17) is 23.2 Å². The first-order valence-corrected chi connectivity index (χ1v) is 8.98. The third-order valence-electron chi connectivity index (χ3n) is 3.17. The molecule has 0 aliphatic carbocycles. The number of benzene rings is 1. The highest BCUT2D eigenvalue weighted by atomic mass is 35.5. The Morgan fingerprint density at radius 1 is 1.04 bits per heavy atom. The molecule has 2 aromatic heterocycles. The highest BCUT2D eigenvalue weighted by Crippen LogP contribution is 2.26. The zero-order valence-electron chi connectivity index (χ0n) is 12.8. The molecule has 3 rings (SSSR count). The van der Waals surface area contributed by atoms with E-state index >= 15 is 0 Å². The molecule has 1 amide bonds. The summed E-state index contributed by atoms with van der Waals surface area (Å²) in [7, 11) is 0. The Balaban J connectivity index is 1.58. The van der Waals surface area contributed by atoms with Crippen LogP contribution in [0.15, 0.2) is 59.9 Å². The van der Waals surface area contributed by atoms with Crippen LogP contribution in [0, 0.1) is 0 Å². The summed E-state index contributed by atoms with van der Waals surface area (Å²) in [6, 6.07) is 12.3. The second-order valence-electron chi connectivity index (χ2n) is 4.95. The van der Waals surface area contributed by atoms with Gasteiger partial charge in [-0.05, 0) is 42.5 Å². The summed E-state index contributed by atoms with van der Waals surface area (Å²) in [5.41, 5.74) is 2.17. The molecule has 126 valence electrons. The van der Waals surface area contributed by atoms with E-state index in [1.165, 1.54) is 11.8 Å². The Bertz CT molecular complexity index is 876. The van der Waals surface area contributed by atoms with Crippen molar-refractivity contribution in [3.05, 3.63) is 64.9 Å². The standard InChI is InChI=1S/C17H12Cl2N4OS/c18-12-1-2-13(19)15(9-12)21-16(24)10-25-17-4-3-14(22-23-17)11-5-7-20-8-6-11/h1-9H,10H2,(H,21,24). The van der Waals surface area contributed by atoms with Crippen molar-refractivity contribution >= 4 is 46.6 Å². The van der Waals surface area contributed by atoms with Gasteiger partial charge in [0, 0.05) is 23.0 Å². The summed E-state index contributed by atoms with van der Waals surface area (Å²) >= 11 is 13.2. The Labute approximate surface area is 158 Å². The first kappa shape index (κ1) is 17.7. The van der Waals surface area contributed by atoms with Crippen LogP contribution in [0.4, 0.5) is 5.69 Å². The molecular formula is C17H12Cl2N4OS. The summed E-state index contributed by atoms with van der Waals surface area (Å²) in [6.45, 7) is 0. The van der Waals surface area contributed by atoms with Gasteiger partial charge in [0.1, 0.15) is 5.03 Å². The fraction of sp³-hybridized carbons (Fsp3) is 0.0588. The summed E-state index contributed by atoms with van der Waals surface area (Å²) < 4.78 is 0. The van der Waals surface area contributed by atoms with E-state index in [1.54, 1.807) is 30.6 Å². The van der Waals surface area contributed by atoms with Crippen molar-refractivity contribution < 1.29 is 4.79 Å². The zero-order chi connectivity index (χ0) is 17.6. The lowest BCUT2D eigenvalue weighted by Crippen LogP contribution is -2.14. The predicted molar refractivity (Wildman–Crippen MR) is 101 cm³/mol. The van der Waals surface area contributed by atoms with E-state index in [1.807, 2.05) is 24.3 Å². The van der Waals surface area contributed by atoms with E-state index < -0.39 is 0 Å². The molecule has 1 aromatic carbocycles. The van der Waals surface area contributed by atoms with Gasteiger partial charge in [0.05, 0.1) is 22.2 Å². The molecule has 8 heteroatoms. The van der Waals surface area contributed by atoms with Crippen LogP contribution in [0.5, 0.6) is 0 Å². The average Bonchev–Trinajstić information content (AvgIpc) is 2.64. The molecule has 0 spiro atoms. The van der Waals surface area contributed by atoms with Crippen molar-refractivity contribution in [3.63, 3.8) is 0 Å². The number of hydrogen-bond donors (Lipinski definition) is 1. The highest BCUT2D eigenvalue weighted by molar-refractivity contribution is 7.99. The minimum Gasteiger partial charge on any atom is -0.324 e. The largest absolute Gasteiger partial charge is 0.324 e. The number of hydrogen-bond acceptors (Lipinski definition) is 5. The van der Waals surface area contributed by atoms with Gasteiger partial charge in [0.25, 0.3) is 0 Å². The lowest BCUT2D eigenvalue weighted by atomic mass is 10.2. The minimum absolute atomic E-state index is 0.187. The maximum absolute atomic E-state index is 12.0. The Hall–Kier alpha value is -2.15. The molecule has 0 fully saturated rings. The molecule has 0 bridgehead atoms. The molecule has 3 aromatic rings. The van der Waals surface area contributed by atoms with Crippen molar-refractivity contribution in [2.75, 3.05) is 11.1 Å². The number of nitrogens with zero attached hydrogens (tertiary/aromatic N) is 3. The van der Waals surface area contributed by atoms with Gasteiger partial charge in [-0.15, -0.1) is 10.2 Å². The van der Waals surface area contributed by atoms with Crippen LogP contribution in [0.1, 0.15) is 0 Å². The fourth-order valence-electron chi connectivity index (χ4n) is 1.99. The molecule has 25 heavy (non-hydrogen) atoms. The van der Waals surface area contributed by atoms with Gasteiger partial charge >= 0.3 is 0 Å². The third kappa shape index (κ3) is 4.92. The average molecular weight is 391 g/mol. The number of nitrogens with one attached hydrogen (secondary N) is 1. The van der Waals surface area contributed by atoms with E-state index in [0.29, 0.717) is 20.8 Å². The molecule has 0 aliphatic rings. The van der Waals surface area contributed by atoms with Gasteiger partial charge in [-0.1, -0.05) is 35.0 Å². The van der Waals surface area contributed by atoms with Crippen LogP contribution >= 0.6 is 35.0 Å². The van der Waals surface area contributed by atoms with E-state index in [0.717, 1.165) is 11.3 Å². The number of carbonyl (C=O) groups excluding carboxylic acids is 1. The highest BCUT2D eigenvalue weighted by Gasteiger charge is 2.08. The molecule has 0 saturated heterocycles. The summed E-state index contributed by atoms with van der Waals surface area (Å²) in [5, 5.41) is 12.6. The second-order valence-corrected chi connectivity index (χ2v) is 6.79. The molecule has 5 nitrogen and oxygen atoms in total. The molecular weight excluding hydrogens is 379 g/mol. The number of aromatic nitrogens is 3. The predicted octanol–water partition coefficient (Wildman–Crippen LogP) is 4.58. The summed E-state index contributed by atoms with van der Waals surface area (Å²) in [4.78, 5) is 16.0. The molecule has 0 atom stereocenters. The zero-order valence-corrected chi connectivity index (χ0v) is 15.1. The normalized spacial score (nSPS) is 10.5. The summed E-state index contributed by atoms with van der Waals surface area (Å²) in [5.74, 6) is -0.0132. The maximum Gasteiger partial charge on any atom is 0.234 e. The van der Waals surface area contributed by atoms with Gasteiger partial charge in [-0.2, -0.15) is 0 Å². The molecule has 0 aliphatic heterocycles. The number of thioether (sulfide) groups is 1. The van der Waals surface area contributed by atoms with Crippen molar-refractivity contribution in [1.29, 1.82) is 0 Å². The van der Waals surface area contributed by atoms with Gasteiger partial charge in [0.15, 0.2) is 0 Å². The molecule has 0 unspecified atom stereocenters. The fourth-order valence-corrected chi connectivity index (χ4v) is 2.94. The van der Waals surface area contributed by atoms with Gasteiger partial charge in [-0.3, -0.25) is 9.78 Å². The second kappa shape index (κ2) is 8.29. The van der Waals surface area contributed by atoms with Crippen LogP contribution in [-0.2, 0) is 4.79 Å². The number of carbonyl (C=O) groups is 1. The topological polar surface area (TPSA) is 67.8 Å². The number of anilines is 1. The molecule has 1 N–H and O–H groups in total. The van der Waals surface area contributed by atoms with Gasteiger partial charge < -0.3 is 5.32 Å².